The normalized spacial score (nSPS) is 10.6. The van der Waals surface area contributed by atoms with Gasteiger partial charge >= 0.3 is 0 Å². The van der Waals surface area contributed by atoms with Crippen molar-refractivity contribution in [2.24, 2.45) is 0 Å². The highest BCUT2D eigenvalue weighted by molar-refractivity contribution is 6.09. The van der Waals surface area contributed by atoms with Crippen LogP contribution in [0.5, 0.6) is 5.75 Å². The number of rotatable bonds is 3. The summed E-state index contributed by atoms with van der Waals surface area (Å²) >= 11 is 0. The number of ether oxygens (including phenoxy) is 1. The Bertz CT molecular complexity index is 930. The van der Waals surface area contributed by atoms with Crippen LogP contribution < -0.4 is 15.8 Å². The van der Waals surface area contributed by atoms with Crippen LogP contribution in [0.2, 0.25) is 0 Å². The number of benzene rings is 2. The summed E-state index contributed by atoms with van der Waals surface area (Å²) in [6.45, 7) is 0. The molecule has 1 heterocycles. The Morgan fingerprint density at radius 1 is 1.21 bits per heavy atom. The van der Waals surface area contributed by atoms with E-state index in [1.54, 1.807) is 30.3 Å². The number of fused-ring (bicyclic) bond motifs is 1. The number of pyridine rings is 1. The molecule has 0 aliphatic rings. The Hall–Kier alpha value is -3.22. The smallest absolute Gasteiger partial charge is 0.262 e. The van der Waals surface area contributed by atoms with Gasteiger partial charge in [-0.15, -0.1) is 0 Å². The van der Waals surface area contributed by atoms with Crippen molar-refractivity contribution in [2.75, 3.05) is 18.2 Å². The molecular formula is C17H13F2N3O2. The average molecular weight is 329 g/mol. The summed E-state index contributed by atoms with van der Waals surface area (Å²) in [6, 6.07) is 10.8. The first kappa shape index (κ1) is 15.7. The zero-order chi connectivity index (χ0) is 17.3. The van der Waals surface area contributed by atoms with E-state index in [2.05, 4.69) is 10.3 Å². The topological polar surface area (TPSA) is 77.2 Å². The molecule has 2 aromatic carbocycles. The van der Waals surface area contributed by atoms with Crippen LogP contribution in [0.15, 0.2) is 42.5 Å². The number of carbonyl (C=O) groups is 1. The number of halogens is 2. The second-order valence-electron chi connectivity index (χ2n) is 5.01. The number of nitrogens with zero attached hydrogens (tertiary/aromatic N) is 1. The number of para-hydroxylation sites is 1. The first-order valence-corrected chi connectivity index (χ1v) is 7.00. The van der Waals surface area contributed by atoms with E-state index in [0.29, 0.717) is 5.69 Å². The van der Waals surface area contributed by atoms with Gasteiger partial charge in [-0.1, -0.05) is 18.2 Å². The van der Waals surface area contributed by atoms with Crippen molar-refractivity contribution in [3.63, 3.8) is 0 Å². The molecule has 24 heavy (non-hydrogen) atoms. The molecule has 3 N–H and O–H groups in total. The largest absolute Gasteiger partial charge is 0.497 e. The van der Waals surface area contributed by atoms with Crippen LogP contribution in [-0.4, -0.2) is 18.0 Å². The van der Waals surface area contributed by atoms with Crippen LogP contribution in [0.3, 0.4) is 0 Å². The molecule has 0 aliphatic heterocycles. The van der Waals surface area contributed by atoms with Crippen LogP contribution in [-0.2, 0) is 0 Å². The summed E-state index contributed by atoms with van der Waals surface area (Å²) in [7, 11) is 1.35. The number of nitrogens with two attached hydrogens (primary N) is 1. The van der Waals surface area contributed by atoms with Crippen molar-refractivity contribution >= 4 is 28.3 Å². The molecule has 122 valence electrons. The lowest BCUT2D eigenvalue weighted by molar-refractivity contribution is 0.102. The number of nitrogens with one attached hydrogen (secondary N) is 1. The third-order valence-corrected chi connectivity index (χ3v) is 3.47. The van der Waals surface area contributed by atoms with Crippen molar-refractivity contribution in [2.45, 2.75) is 0 Å². The van der Waals surface area contributed by atoms with Gasteiger partial charge in [-0.25, -0.2) is 13.8 Å². The average Bonchev–Trinajstić information content (AvgIpc) is 2.54. The van der Waals surface area contributed by atoms with Crippen molar-refractivity contribution in [1.29, 1.82) is 0 Å². The molecular weight excluding hydrogens is 316 g/mol. The first-order chi connectivity index (χ1) is 11.5. The highest BCUT2D eigenvalue weighted by Crippen LogP contribution is 2.29. The maximum Gasteiger partial charge on any atom is 0.262 e. The van der Waals surface area contributed by atoms with Gasteiger partial charge in [0, 0.05) is 17.8 Å². The maximum atomic E-state index is 14.7. The van der Waals surface area contributed by atoms with Crippen LogP contribution in [0.25, 0.3) is 10.9 Å². The third kappa shape index (κ3) is 2.71. The molecule has 1 aromatic heterocycles. The number of nitrogen functional groups attached to an aromatic ring is 1. The summed E-state index contributed by atoms with van der Waals surface area (Å²) in [5, 5.41) is 2.09. The maximum absolute atomic E-state index is 14.7. The minimum absolute atomic E-state index is 0.0295. The molecule has 5 nitrogen and oxygen atoms in total. The van der Waals surface area contributed by atoms with Crippen molar-refractivity contribution in [1.82, 2.24) is 4.98 Å². The molecule has 0 atom stereocenters. The molecule has 7 heteroatoms. The summed E-state index contributed by atoms with van der Waals surface area (Å²) in [6.07, 6.45) is 0. The fraction of sp³-hybridized carbons (Fsp3) is 0.0588. The van der Waals surface area contributed by atoms with Crippen molar-refractivity contribution in [3.05, 3.63) is 59.7 Å². The van der Waals surface area contributed by atoms with Gasteiger partial charge in [-0.05, 0) is 12.1 Å². The molecule has 0 saturated carbocycles. The number of amides is 1. The number of anilines is 2. The predicted molar refractivity (Wildman–Crippen MR) is 87.0 cm³/mol. The number of aromatic nitrogens is 1. The lowest BCUT2D eigenvalue weighted by atomic mass is 10.1. The van der Waals surface area contributed by atoms with Gasteiger partial charge in [-0.3, -0.25) is 4.79 Å². The number of hydrogen-bond donors (Lipinski definition) is 2. The second-order valence-corrected chi connectivity index (χ2v) is 5.01. The zero-order valence-electron chi connectivity index (χ0n) is 12.6. The van der Waals surface area contributed by atoms with Gasteiger partial charge in [0.2, 0.25) is 0 Å². The summed E-state index contributed by atoms with van der Waals surface area (Å²) in [5.74, 6) is -2.91. The Balaban J connectivity index is 2.11. The predicted octanol–water partition coefficient (Wildman–Crippen LogP) is 3.36. The van der Waals surface area contributed by atoms with E-state index in [1.165, 1.54) is 13.2 Å². The van der Waals surface area contributed by atoms with E-state index in [4.69, 9.17) is 10.5 Å². The third-order valence-electron chi connectivity index (χ3n) is 3.47. The molecule has 0 saturated heterocycles. The highest BCUT2D eigenvalue weighted by atomic mass is 19.1. The molecule has 0 unspecified atom stereocenters. The Morgan fingerprint density at radius 2 is 1.92 bits per heavy atom. The van der Waals surface area contributed by atoms with E-state index in [-0.39, 0.29) is 17.1 Å². The number of hydrogen-bond acceptors (Lipinski definition) is 4. The van der Waals surface area contributed by atoms with E-state index in [1.807, 2.05) is 0 Å². The highest BCUT2D eigenvalue weighted by Gasteiger charge is 2.23. The summed E-state index contributed by atoms with van der Waals surface area (Å²) < 4.78 is 33.8. The van der Waals surface area contributed by atoms with Gasteiger partial charge in [0.1, 0.15) is 22.9 Å². The Morgan fingerprint density at radius 3 is 2.58 bits per heavy atom. The fourth-order valence-corrected chi connectivity index (χ4v) is 2.35. The van der Waals surface area contributed by atoms with E-state index in [9.17, 15) is 13.6 Å². The van der Waals surface area contributed by atoms with Crippen molar-refractivity contribution in [3.8, 4) is 5.75 Å². The zero-order valence-corrected chi connectivity index (χ0v) is 12.6. The number of methoxy groups -OCH3 is 1. The van der Waals surface area contributed by atoms with E-state index < -0.39 is 28.5 Å². The SMILES string of the molecule is COc1cc(F)c2c(F)c(C(=O)Nc3ccccc3)c(N)nc2c1. The van der Waals surface area contributed by atoms with E-state index in [0.717, 1.165) is 6.07 Å². The second kappa shape index (κ2) is 6.11. The Labute approximate surface area is 136 Å². The molecule has 3 aromatic rings. The minimum atomic E-state index is -1.06. The fourth-order valence-electron chi connectivity index (χ4n) is 2.35. The van der Waals surface area contributed by atoms with Crippen LogP contribution in [0.1, 0.15) is 10.4 Å². The Kier molecular flexibility index (Phi) is 3.99. The lowest BCUT2D eigenvalue weighted by Crippen LogP contribution is -2.17. The van der Waals surface area contributed by atoms with Gasteiger partial charge < -0.3 is 15.8 Å². The van der Waals surface area contributed by atoms with Gasteiger partial charge in [-0.2, -0.15) is 0 Å². The first-order valence-electron chi connectivity index (χ1n) is 7.00. The molecule has 0 radical (unpaired) electrons. The van der Waals surface area contributed by atoms with Gasteiger partial charge in [0.05, 0.1) is 18.0 Å². The van der Waals surface area contributed by atoms with Crippen LogP contribution in [0, 0.1) is 11.6 Å². The molecule has 0 spiro atoms. The van der Waals surface area contributed by atoms with Crippen molar-refractivity contribution < 1.29 is 18.3 Å². The number of carbonyl (C=O) groups excluding carboxylic acids is 1. The molecule has 1 amide bonds. The standard InChI is InChI=1S/C17H13F2N3O2/c1-24-10-7-11(18)13-12(8-10)22-16(20)14(15(13)19)17(23)21-9-5-3-2-4-6-9/h2-8H,1H3,(H2,20,22)(H,21,23). The quantitative estimate of drug-likeness (QED) is 0.772. The molecule has 0 fully saturated rings. The summed E-state index contributed by atoms with van der Waals surface area (Å²) in [5.41, 5.74) is 5.63. The molecule has 0 bridgehead atoms. The minimum Gasteiger partial charge on any atom is -0.497 e. The summed E-state index contributed by atoms with van der Waals surface area (Å²) in [4.78, 5) is 16.2. The van der Waals surface area contributed by atoms with Crippen LogP contribution in [0.4, 0.5) is 20.3 Å². The van der Waals surface area contributed by atoms with Gasteiger partial charge in [0.25, 0.3) is 5.91 Å². The lowest BCUT2D eigenvalue weighted by Gasteiger charge is -2.11. The van der Waals surface area contributed by atoms with E-state index >= 15 is 0 Å². The van der Waals surface area contributed by atoms with Crippen LogP contribution >= 0.6 is 0 Å². The monoisotopic (exact) mass is 329 g/mol. The molecule has 3 rings (SSSR count). The van der Waals surface area contributed by atoms with Gasteiger partial charge in [0.15, 0.2) is 5.82 Å². The molecule has 0 aliphatic carbocycles.